The van der Waals surface area contributed by atoms with Crippen LogP contribution in [0.4, 0.5) is 4.79 Å². The van der Waals surface area contributed by atoms with Crippen molar-refractivity contribution in [2.24, 2.45) is 0 Å². The van der Waals surface area contributed by atoms with Crippen LogP contribution in [-0.4, -0.2) is 30.7 Å². The Balaban J connectivity index is 2.07. The maximum Gasteiger partial charge on any atom is 0.314 e. The van der Waals surface area contributed by atoms with Crippen molar-refractivity contribution < 1.29 is 9.53 Å². The zero-order valence-electron chi connectivity index (χ0n) is 13.0. The Kier molecular flexibility index (Phi) is 5.04. The number of carbonyl (C=O) groups is 1. The van der Waals surface area contributed by atoms with Gasteiger partial charge in [0.05, 0.1) is 12.6 Å². The maximum absolute atomic E-state index is 12.1. The van der Waals surface area contributed by atoms with Crippen molar-refractivity contribution >= 4 is 16.9 Å². The van der Waals surface area contributed by atoms with Crippen molar-refractivity contribution in [2.75, 3.05) is 13.7 Å². The molecule has 0 saturated heterocycles. The van der Waals surface area contributed by atoms with Crippen molar-refractivity contribution in [2.45, 2.75) is 26.3 Å². The van der Waals surface area contributed by atoms with Gasteiger partial charge in [-0.3, -0.25) is 4.79 Å². The molecule has 0 aliphatic rings. The summed E-state index contributed by atoms with van der Waals surface area (Å²) in [5, 5.41) is 6.40. The molecule has 0 aliphatic carbocycles. The molecule has 0 fully saturated rings. The van der Waals surface area contributed by atoms with Gasteiger partial charge in [-0.25, -0.2) is 4.79 Å². The number of ether oxygens (including phenoxy) is 1. The number of rotatable bonds is 5. The predicted octanol–water partition coefficient (Wildman–Crippen LogP) is 1.79. The van der Waals surface area contributed by atoms with E-state index in [0.29, 0.717) is 24.3 Å². The number of carbonyl (C=O) groups excluding carboxylic acids is 1. The SMILES string of the molecule is COc1ccc2cc(CCNC(=O)NC(C)C)c(=O)[nH]c2c1. The normalized spacial score (nSPS) is 10.7. The molecule has 6 heteroatoms. The van der Waals surface area contributed by atoms with E-state index >= 15 is 0 Å². The second kappa shape index (κ2) is 6.98. The van der Waals surface area contributed by atoms with Crippen molar-refractivity contribution in [3.8, 4) is 5.75 Å². The summed E-state index contributed by atoms with van der Waals surface area (Å²) in [5.41, 5.74) is 1.23. The van der Waals surface area contributed by atoms with Crippen LogP contribution in [0.15, 0.2) is 29.1 Å². The first kappa shape index (κ1) is 15.9. The molecule has 22 heavy (non-hydrogen) atoms. The molecule has 0 atom stereocenters. The zero-order valence-corrected chi connectivity index (χ0v) is 13.0. The third kappa shape index (κ3) is 4.00. The van der Waals surface area contributed by atoms with Gasteiger partial charge in [0.1, 0.15) is 5.75 Å². The summed E-state index contributed by atoms with van der Waals surface area (Å²) in [7, 11) is 1.58. The van der Waals surface area contributed by atoms with Gasteiger partial charge >= 0.3 is 6.03 Å². The van der Waals surface area contributed by atoms with Crippen LogP contribution in [0.3, 0.4) is 0 Å². The van der Waals surface area contributed by atoms with Gasteiger partial charge in [-0.2, -0.15) is 0 Å². The van der Waals surface area contributed by atoms with Gasteiger partial charge in [0.15, 0.2) is 0 Å². The molecule has 3 N–H and O–H groups in total. The second-order valence-corrected chi connectivity index (χ2v) is 5.38. The van der Waals surface area contributed by atoms with Gasteiger partial charge in [0, 0.05) is 24.2 Å². The summed E-state index contributed by atoms with van der Waals surface area (Å²) in [4.78, 5) is 26.4. The van der Waals surface area contributed by atoms with Crippen molar-refractivity contribution in [1.29, 1.82) is 0 Å². The summed E-state index contributed by atoms with van der Waals surface area (Å²) < 4.78 is 5.14. The van der Waals surface area contributed by atoms with E-state index in [2.05, 4.69) is 15.6 Å². The summed E-state index contributed by atoms with van der Waals surface area (Å²) in [5.74, 6) is 0.697. The lowest BCUT2D eigenvalue weighted by molar-refractivity contribution is 0.238. The van der Waals surface area contributed by atoms with Crippen LogP contribution in [0.25, 0.3) is 10.9 Å². The minimum atomic E-state index is -0.225. The molecular formula is C16H21N3O3. The number of amides is 2. The van der Waals surface area contributed by atoms with Crippen LogP contribution in [0.5, 0.6) is 5.75 Å². The first-order chi connectivity index (χ1) is 10.5. The summed E-state index contributed by atoms with van der Waals surface area (Å²) in [6.07, 6.45) is 0.475. The number of aromatic nitrogens is 1. The lowest BCUT2D eigenvalue weighted by Crippen LogP contribution is -2.40. The fraction of sp³-hybridized carbons (Fsp3) is 0.375. The van der Waals surface area contributed by atoms with Gasteiger partial charge in [0.2, 0.25) is 0 Å². The summed E-state index contributed by atoms with van der Waals surface area (Å²) >= 11 is 0. The number of urea groups is 1. The molecular weight excluding hydrogens is 282 g/mol. The number of benzene rings is 1. The first-order valence-corrected chi connectivity index (χ1v) is 7.24. The molecule has 6 nitrogen and oxygen atoms in total. The van der Waals surface area contributed by atoms with Crippen LogP contribution in [-0.2, 0) is 6.42 Å². The Hall–Kier alpha value is -2.50. The highest BCUT2D eigenvalue weighted by Crippen LogP contribution is 2.18. The molecule has 0 bridgehead atoms. The Bertz CT molecular complexity index is 722. The van der Waals surface area contributed by atoms with E-state index in [4.69, 9.17) is 4.74 Å². The number of H-pyrrole nitrogens is 1. The van der Waals surface area contributed by atoms with E-state index in [1.807, 2.05) is 32.0 Å². The standard InChI is InChI=1S/C16H21N3O3/c1-10(2)18-16(21)17-7-6-12-8-11-4-5-13(22-3)9-14(11)19-15(12)20/h4-5,8-10H,6-7H2,1-3H3,(H,19,20)(H2,17,18,21). The smallest absolute Gasteiger partial charge is 0.314 e. The topological polar surface area (TPSA) is 83.2 Å². The number of hydrogen-bond donors (Lipinski definition) is 3. The lowest BCUT2D eigenvalue weighted by Gasteiger charge is -2.10. The monoisotopic (exact) mass is 303 g/mol. The minimum Gasteiger partial charge on any atom is -0.497 e. The number of hydrogen-bond acceptors (Lipinski definition) is 3. The zero-order chi connectivity index (χ0) is 16.1. The highest BCUT2D eigenvalue weighted by atomic mass is 16.5. The Labute approximate surface area is 128 Å². The van der Waals surface area contributed by atoms with E-state index < -0.39 is 0 Å². The van der Waals surface area contributed by atoms with Gasteiger partial charge in [-0.05, 0) is 43.9 Å². The molecule has 1 heterocycles. The van der Waals surface area contributed by atoms with Crippen LogP contribution in [0.1, 0.15) is 19.4 Å². The number of pyridine rings is 1. The van der Waals surface area contributed by atoms with Crippen molar-refractivity contribution in [3.63, 3.8) is 0 Å². The number of fused-ring (bicyclic) bond motifs is 1. The Morgan fingerprint density at radius 1 is 1.32 bits per heavy atom. The van der Waals surface area contributed by atoms with Crippen LogP contribution < -0.4 is 20.9 Å². The number of nitrogens with one attached hydrogen (secondary N) is 3. The molecule has 0 aliphatic heterocycles. The average molecular weight is 303 g/mol. The first-order valence-electron chi connectivity index (χ1n) is 7.24. The molecule has 2 amide bonds. The third-order valence-electron chi connectivity index (χ3n) is 3.23. The quantitative estimate of drug-likeness (QED) is 0.787. The second-order valence-electron chi connectivity index (χ2n) is 5.38. The molecule has 1 aromatic carbocycles. The van der Waals surface area contributed by atoms with Gasteiger partial charge in [-0.1, -0.05) is 0 Å². The minimum absolute atomic E-state index is 0.0825. The van der Waals surface area contributed by atoms with Crippen LogP contribution >= 0.6 is 0 Å². The number of aromatic amines is 1. The van der Waals surface area contributed by atoms with E-state index in [1.54, 1.807) is 13.2 Å². The highest BCUT2D eigenvalue weighted by Gasteiger charge is 2.06. The predicted molar refractivity (Wildman–Crippen MR) is 86.5 cm³/mol. The van der Waals surface area contributed by atoms with Gasteiger partial charge < -0.3 is 20.4 Å². The Morgan fingerprint density at radius 2 is 2.09 bits per heavy atom. The van der Waals surface area contributed by atoms with Crippen molar-refractivity contribution in [3.05, 3.63) is 40.2 Å². The molecule has 1 aromatic heterocycles. The highest BCUT2D eigenvalue weighted by molar-refractivity contribution is 5.80. The van der Waals surface area contributed by atoms with Crippen LogP contribution in [0, 0.1) is 0 Å². The summed E-state index contributed by atoms with van der Waals surface area (Å²) in [6, 6.07) is 7.23. The average Bonchev–Trinajstić information content (AvgIpc) is 2.46. The van der Waals surface area contributed by atoms with E-state index in [-0.39, 0.29) is 17.6 Å². The molecule has 0 unspecified atom stereocenters. The van der Waals surface area contributed by atoms with Gasteiger partial charge in [0.25, 0.3) is 5.56 Å². The van der Waals surface area contributed by atoms with E-state index in [9.17, 15) is 9.59 Å². The molecule has 0 radical (unpaired) electrons. The summed E-state index contributed by atoms with van der Waals surface area (Å²) in [6.45, 7) is 4.19. The fourth-order valence-corrected chi connectivity index (χ4v) is 2.16. The largest absolute Gasteiger partial charge is 0.497 e. The molecule has 2 aromatic rings. The molecule has 0 saturated carbocycles. The number of methoxy groups -OCH3 is 1. The third-order valence-corrected chi connectivity index (χ3v) is 3.23. The van der Waals surface area contributed by atoms with Crippen LogP contribution in [0.2, 0.25) is 0 Å². The van der Waals surface area contributed by atoms with E-state index in [0.717, 1.165) is 10.9 Å². The lowest BCUT2D eigenvalue weighted by atomic mass is 10.1. The Morgan fingerprint density at radius 3 is 2.77 bits per heavy atom. The van der Waals surface area contributed by atoms with Crippen molar-refractivity contribution in [1.82, 2.24) is 15.6 Å². The molecule has 2 rings (SSSR count). The fourth-order valence-electron chi connectivity index (χ4n) is 2.16. The molecule has 0 spiro atoms. The maximum atomic E-state index is 12.1. The van der Waals surface area contributed by atoms with E-state index in [1.165, 1.54) is 0 Å². The molecule has 118 valence electrons. The van der Waals surface area contributed by atoms with Gasteiger partial charge in [-0.15, -0.1) is 0 Å².